The number of aromatic nitrogens is 3. The van der Waals surface area contributed by atoms with Crippen LogP contribution in [0.2, 0.25) is 0 Å². The average molecular weight is 264 g/mol. The monoisotopic (exact) mass is 264 g/mol. The molecule has 18 heavy (non-hydrogen) atoms. The smallest absolute Gasteiger partial charge is 0.185 e. The predicted octanol–water partition coefficient (Wildman–Crippen LogP) is 1.32. The van der Waals surface area contributed by atoms with Gasteiger partial charge in [-0.15, -0.1) is 5.10 Å². The van der Waals surface area contributed by atoms with Crippen LogP contribution < -0.4 is 16.2 Å². The summed E-state index contributed by atoms with van der Waals surface area (Å²) >= 11 is 5.11. The Bertz CT molecular complexity index is 523. The highest BCUT2D eigenvalue weighted by Crippen LogP contribution is 2.03. The quantitative estimate of drug-likeness (QED) is 0.430. The Morgan fingerprint density at radius 1 is 1.44 bits per heavy atom. The van der Waals surface area contributed by atoms with Crippen LogP contribution in [0.5, 0.6) is 0 Å². The molecule has 0 fully saturated rings. The van der Waals surface area contributed by atoms with Gasteiger partial charge in [-0.1, -0.05) is 13.3 Å². The lowest BCUT2D eigenvalue weighted by Gasteiger charge is -2.11. The molecule has 3 N–H and O–H groups in total. The normalized spacial score (nSPS) is 10.3. The summed E-state index contributed by atoms with van der Waals surface area (Å²) in [6, 6.07) is 3.72. The van der Waals surface area contributed by atoms with E-state index in [0.717, 1.165) is 25.0 Å². The maximum absolute atomic E-state index is 5.11. The van der Waals surface area contributed by atoms with E-state index in [2.05, 4.69) is 33.2 Å². The number of unbranched alkanes of at least 4 members (excludes halogenated alkanes) is 1. The van der Waals surface area contributed by atoms with Crippen molar-refractivity contribution in [3.63, 3.8) is 0 Å². The van der Waals surface area contributed by atoms with Gasteiger partial charge in [-0.3, -0.25) is 10.9 Å². The van der Waals surface area contributed by atoms with Crippen molar-refractivity contribution in [1.82, 2.24) is 25.3 Å². The lowest BCUT2D eigenvalue weighted by atomic mass is 10.3. The van der Waals surface area contributed by atoms with Gasteiger partial charge in [-0.2, -0.15) is 0 Å². The molecule has 0 bridgehead atoms. The lowest BCUT2D eigenvalue weighted by Crippen LogP contribution is -2.39. The number of nitrogens with one attached hydrogen (secondary N) is 3. The number of rotatable bonds is 5. The van der Waals surface area contributed by atoms with E-state index in [1.54, 1.807) is 16.9 Å². The van der Waals surface area contributed by atoms with E-state index < -0.39 is 0 Å². The molecule has 0 atom stereocenters. The first-order valence-electron chi connectivity index (χ1n) is 5.90. The minimum Gasteiger partial charge on any atom is -0.361 e. The van der Waals surface area contributed by atoms with E-state index >= 15 is 0 Å². The standard InChI is InChI=1S/C11H16N6S/c1-2-3-6-13-11(18)15-14-9-4-5-10-12-7-8-17(10)16-9/h4-5,7-8H,2-3,6H2,1H3,(H,14,16)(H2,13,15,18). The van der Waals surface area contributed by atoms with E-state index in [0.29, 0.717) is 10.9 Å². The van der Waals surface area contributed by atoms with E-state index in [1.165, 1.54) is 0 Å². The number of hydrazine groups is 1. The molecule has 0 radical (unpaired) electrons. The Kier molecular flexibility index (Phi) is 4.30. The molecule has 7 heteroatoms. The van der Waals surface area contributed by atoms with E-state index in [-0.39, 0.29) is 0 Å². The second-order valence-corrected chi connectivity index (χ2v) is 4.22. The molecule has 6 nitrogen and oxygen atoms in total. The second kappa shape index (κ2) is 6.15. The number of thiocarbonyl (C=S) groups is 1. The van der Waals surface area contributed by atoms with Gasteiger partial charge >= 0.3 is 0 Å². The minimum absolute atomic E-state index is 0.566. The largest absolute Gasteiger partial charge is 0.361 e. The molecule has 2 aromatic heterocycles. The third kappa shape index (κ3) is 3.30. The van der Waals surface area contributed by atoms with Crippen LogP contribution in [-0.2, 0) is 0 Å². The van der Waals surface area contributed by atoms with Crippen molar-refractivity contribution in [3.05, 3.63) is 24.5 Å². The molecule has 0 aliphatic carbocycles. The van der Waals surface area contributed by atoms with Crippen molar-refractivity contribution < 1.29 is 0 Å². The number of hydrogen-bond donors (Lipinski definition) is 3. The second-order valence-electron chi connectivity index (χ2n) is 3.81. The van der Waals surface area contributed by atoms with Crippen LogP contribution in [-0.4, -0.2) is 26.3 Å². The van der Waals surface area contributed by atoms with Crippen molar-refractivity contribution in [2.45, 2.75) is 19.8 Å². The zero-order valence-electron chi connectivity index (χ0n) is 10.2. The van der Waals surface area contributed by atoms with Crippen molar-refractivity contribution >= 4 is 28.8 Å². The van der Waals surface area contributed by atoms with Gasteiger partial charge < -0.3 is 5.32 Å². The molecule has 0 amide bonds. The van der Waals surface area contributed by atoms with E-state index in [4.69, 9.17) is 12.2 Å². The van der Waals surface area contributed by atoms with Crippen LogP contribution >= 0.6 is 12.2 Å². The van der Waals surface area contributed by atoms with Gasteiger partial charge in [0.2, 0.25) is 0 Å². The third-order valence-corrected chi connectivity index (χ3v) is 2.62. The third-order valence-electron chi connectivity index (χ3n) is 2.38. The maximum Gasteiger partial charge on any atom is 0.185 e. The van der Waals surface area contributed by atoms with Crippen LogP contribution in [0.15, 0.2) is 24.5 Å². The molecule has 0 aliphatic heterocycles. The fraction of sp³-hybridized carbons (Fsp3) is 0.364. The van der Waals surface area contributed by atoms with Gasteiger partial charge in [0, 0.05) is 18.9 Å². The molecular weight excluding hydrogens is 248 g/mol. The Balaban J connectivity index is 1.83. The number of imidazole rings is 1. The summed E-state index contributed by atoms with van der Waals surface area (Å²) in [5.41, 5.74) is 6.64. The zero-order chi connectivity index (χ0) is 12.8. The average Bonchev–Trinajstić information content (AvgIpc) is 2.84. The molecule has 96 valence electrons. The molecule has 0 saturated carbocycles. The first kappa shape index (κ1) is 12.6. The minimum atomic E-state index is 0.566. The van der Waals surface area contributed by atoms with Crippen molar-refractivity contribution in [2.24, 2.45) is 0 Å². The van der Waals surface area contributed by atoms with Crippen LogP contribution in [0.4, 0.5) is 5.82 Å². The summed E-state index contributed by atoms with van der Waals surface area (Å²) in [6.07, 6.45) is 5.73. The fourth-order valence-electron chi connectivity index (χ4n) is 1.43. The molecule has 2 aromatic rings. The highest BCUT2D eigenvalue weighted by atomic mass is 32.1. The van der Waals surface area contributed by atoms with E-state index in [9.17, 15) is 0 Å². The zero-order valence-corrected chi connectivity index (χ0v) is 11.0. The maximum atomic E-state index is 5.11. The molecule has 0 aromatic carbocycles. The van der Waals surface area contributed by atoms with Crippen LogP contribution in [0.1, 0.15) is 19.8 Å². The number of anilines is 1. The molecular formula is C11H16N6S. The summed E-state index contributed by atoms with van der Waals surface area (Å²) in [5.74, 6) is 0.681. The van der Waals surface area contributed by atoms with Gasteiger partial charge in [0.05, 0.1) is 0 Å². The molecule has 0 unspecified atom stereocenters. The molecule has 2 rings (SSSR count). The summed E-state index contributed by atoms with van der Waals surface area (Å²) in [6.45, 7) is 3.01. The van der Waals surface area contributed by atoms with Gasteiger partial charge in [-0.25, -0.2) is 9.50 Å². The summed E-state index contributed by atoms with van der Waals surface area (Å²) in [5, 5.41) is 7.96. The number of hydrogen-bond acceptors (Lipinski definition) is 4. The highest BCUT2D eigenvalue weighted by molar-refractivity contribution is 7.80. The van der Waals surface area contributed by atoms with Gasteiger partial charge in [0.25, 0.3) is 0 Å². The first-order valence-corrected chi connectivity index (χ1v) is 6.30. The Labute approximate surface area is 111 Å². The number of fused-ring (bicyclic) bond motifs is 1. The van der Waals surface area contributed by atoms with E-state index in [1.807, 2.05) is 12.1 Å². The van der Waals surface area contributed by atoms with Crippen molar-refractivity contribution in [2.75, 3.05) is 12.0 Å². The highest BCUT2D eigenvalue weighted by Gasteiger charge is 1.98. The molecule has 2 heterocycles. The van der Waals surface area contributed by atoms with Crippen LogP contribution in [0, 0.1) is 0 Å². The summed E-state index contributed by atoms with van der Waals surface area (Å²) in [4.78, 5) is 4.12. The topological polar surface area (TPSA) is 66.3 Å². The summed E-state index contributed by atoms with van der Waals surface area (Å²) < 4.78 is 1.69. The Hall–Kier alpha value is -1.89. The van der Waals surface area contributed by atoms with Crippen molar-refractivity contribution in [3.8, 4) is 0 Å². The van der Waals surface area contributed by atoms with Gasteiger partial charge in [-0.05, 0) is 30.8 Å². The fourth-order valence-corrected chi connectivity index (χ4v) is 1.58. The molecule has 0 spiro atoms. The first-order chi connectivity index (χ1) is 8.79. The Morgan fingerprint density at radius 3 is 3.17 bits per heavy atom. The predicted molar refractivity (Wildman–Crippen MR) is 75.3 cm³/mol. The van der Waals surface area contributed by atoms with Gasteiger partial charge in [0.1, 0.15) is 0 Å². The van der Waals surface area contributed by atoms with Crippen LogP contribution in [0.3, 0.4) is 0 Å². The van der Waals surface area contributed by atoms with Crippen molar-refractivity contribution in [1.29, 1.82) is 0 Å². The molecule has 0 aliphatic rings. The Morgan fingerprint density at radius 2 is 2.33 bits per heavy atom. The SMILES string of the molecule is CCCCNC(=S)NNc1ccc2nccn2n1. The summed E-state index contributed by atoms with van der Waals surface area (Å²) in [7, 11) is 0. The lowest BCUT2D eigenvalue weighted by molar-refractivity contribution is 0.748. The van der Waals surface area contributed by atoms with Crippen LogP contribution in [0.25, 0.3) is 5.65 Å². The van der Waals surface area contributed by atoms with Gasteiger partial charge in [0.15, 0.2) is 16.6 Å². The number of nitrogens with zero attached hydrogens (tertiary/aromatic N) is 3. The molecule has 0 saturated heterocycles.